The number of guanidine groups is 1. The molecule has 1 saturated heterocycles. The summed E-state index contributed by atoms with van der Waals surface area (Å²) in [7, 11) is 1.74. The molecule has 0 radical (unpaired) electrons. The molecule has 6 heteroatoms. The number of aliphatic imine (C=N–C) groups is 1. The van der Waals surface area contributed by atoms with Crippen molar-refractivity contribution in [1.29, 1.82) is 0 Å². The Bertz CT molecular complexity index is 305. The Labute approximate surface area is 134 Å². The molecule has 1 unspecified atom stereocenters. The molecule has 0 aromatic carbocycles. The van der Waals surface area contributed by atoms with Gasteiger partial charge in [-0.2, -0.15) is 0 Å². The number of methoxy groups -OCH3 is 1. The molecule has 6 nitrogen and oxygen atoms in total. The van der Waals surface area contributed by atoms with Crippen LogP contribution in [0.1, 0.15) is 39.0 Å². The smallest absolute Gasteiger partial charge is 0.191 e. The second-order valence-electron chi connectivity index (χ2n) is 5.95. The van der Waals surface area contributed by atoms with Crippen molar-refractivity contribution < 1.29 is 14.6 Å². The van der Waals surface area contributed by atoms with Crippen LogP contribution in [0.25, 0.3) is 0 Å². The molecule has 1 heterocycles. The first-order valence-corrected chi connectivity index (χ1v) is 8.46. The summed E-state index contributed by atoms with van der Waals surface area (Å²) in [6.07, 6.45) is 5.10. The predicted molar refractivity (Wildman–Crippen MR) is 89.3 cm³/mol. The Morgan fingerprint density at radius 2 is 2.18 bits per heavy atom. The third kappa shape index (κ3) is 7.42. The molecular formula is C16H33N3O3. The number of rotatable bonds is 11. The van der Waals surface area contributed by atoms with Gasteiger partial charge >= 0.3 is 0 Å². The summed E-state index contributed by atoms with van der Waals surface area (Å²) in [5.41, 5.74) is 0.00949. The number of nitrogens with one attached hydrogen (secondary N) is 2. The average molecular weight is 315 g/mol. The van der Waals surface area contributed by atoms with E-state index in [1.54, 1.807) is 7.11 Å². The van der Waals surface area contributed by atoms with Crippen molar-refractivity contribution in [1.82, 2.24) is 10.6 Å². The van der Waals surface area contributed by atoms with E-state index >= 15 is 0 Å². The van der Waals surface area contributed by atoms with E-state index in [-0.39, 0.29) is 12.0 Å². The molecule has 0 spiro atoms. The molecule has 0 aromatic heterocycles. The van der Waals surface area contributed by atoms with E-state index in [1.165, 1.54) is 0 Å². The summed E-state index contributed by atoms with van der Waals surface area (Å²) in [6.45, 7) is 7.04. The van der Waals surface area contributed by atoms with Crippen LogP contribution < -0.4 is 10.6 Å². The van der Waals surface area contributed by atoms with E-state index in [0.717, 1.165) is 64.4 Å². The number of hydrogen-bond donors (Lipinski definition) is 3. The lowest BCUT2D eigenvalue weighted by Crippen LogP contribution is -2.39. The molecule has 3 N–H and O–H groups in total. The van der Waals surface area contributed by atoms with Gasteiger partial charge in [0, 0.05) is 45.4 Å². The minimum absolute atomic E-state index is 0.00949. The highest BCUT2D eigenvalue weighted by atomic mass is 16.5. The lowest BCUT2D eigenvalue weighted by atomic mass is 9.84. The van der Waals surface area contributed by atoms with Gasteiger partial charge in [-0.3, -0.25) is 4.99 Å². The minimum atomic E-state index is 0.00949. The summed E-state index contributed by atoms with van der Waals surface area (Å²) >= 11 is 0. The van der Waals surface area contributed by atoms with E-state index in [4.69, 9.17) is 14.5 Å². The predicted octanol–water partition coefficient (Wildman–Crippen LogP) is 1.15. The number of nitrogens with zero attached hydrogens (tertiary/aromatic N) is 1. The van der Waals surface area contributed by atoms with Gasteiger partial charge in [-0.25, -0.2) is 0 Å². The summed E-state index contributed by atoms with van der Waals surface area (Å²) in [5.74, 6) is 0.860. The molecule has 0 aromatic rings. The molecule has 0 bridgehead atoms. The SMILES string of the molecule is CCNC(=NCC1(CCO)CCOC1)NCCCCCOC. The van der Waals surface area contributed by atoms with Gasteiger partial charge in [-0.15, -0.1) is 0 Å². The van der Waals surface area contributed by atoms with E-state index in [2.05, 4.69) is 17.6 Å². The highest BCUT2D eigenvalue weighted by Crippen LogP contribution is 2.32. The summed E-state index contributed by atoms with van der Waals surface area (Å²) in [6, 6.07) is 0. The Kier molecular flexibility index (Phi) is 10.2. The van der Waals surface area contributed by atoms with Gasteiger partial charge in [0.25, 0.3) is 0 Å². The number of unbranched alkanes of at least 4 members (excludes halogenated alkanes) is 2. The van der Waals surface area contributed by atoms with Crippen molar-refractivity contribution in [2.45, 2.75) is 39.0 Å². The zero-order valence-corrected chi connectivity index (χ0v) is 14.2. The second kappa shape index (κ2) is 11.7. The topological polar surface area (TPSA) is 75.1 Å². The summed E-state index contributed by atoms with van der Waals surface area (Å²) in [4.78, 5) is 4.70. The van der Waals surface area contributed by atoms with Crippen LogP contribution in [-0.4, -0.2) is 64.2 Å². The summed E-state index contributed by atoms with van der Waals surface area (Å²) in [5, 5.41) is 15.9. The quantitative estimate of drug-likeness (QED) is 0.303. The monoisotopic (exact) mass is 315 g/mol. The third-order valence-corrected chi connectivity index (χ3v) is 4.06. The van der Waals surface area contributed by atoms with Gasteiger partial charge in [0.05, 0.1) is 13.2 Å². The maximum Gasteiger partial charge on any atom is 0.191 e. The van der Waals surface area contributed by atoms with Crippen molar-refractivity contribution in [3.63, 3.8) is 0 Å². The van der Waals surface area contributed by atoms with Crippen LogP contribution in [0.5, 0.6) is 0 Å². The molecular weight excluding hydrogens is 282 g/mol. The largest absolute Gasteiger partial charge is 0.396 e. The molecule has 0 amide bonds. The molecule has 1 rings (SSSR count). The maximum absolute atomic E-state index is 9.26. The first-order valence-electron chi connectivity index (χ1n) is 8.46. The van der Waals surface area contributed by atoms with Gasteiger partial charge in [-0.1, -0.05) is 0 Å². The molecule has 1 fully saturated rings. The van der Waals surface area contributed by atoms with Crippen LogP contribution in [0, 0.1) is 5.41 Å². The fourth-order valence-electron chi connectivity index (χ4n) is 2.63. The Balaban J connectivity index is 2.36. The fourth-order valence-corrected chi connectivity index (χ4v) is 2.63. The Morgan fingerprint density at radius 1 is 1.32 bits per heavy atom. The number of aliphatic hydroxyl groups is 1. The molecule has 0 aliphatic carbocycles. The second-order valence-corrected chi connectivity index (χ2v) is 5.95. The number of ether oxygens (including phenoxy) is 2. The van der Waals surface area contributed by atoms with Crippen molar-refractivity contribution >= 4 is 5.96 Å². The molecule has 22 heavy (non-hydrogen) atoms. The van der Waals surface area contributed by atoms with E-state index in [1.807, 2.05) is 0 Å². The number of aliphatic hydroxyl groups excluding tert-OH is 1. The molecule has 1 aliphatic rings. The van der Waals surface area contributed by atoms with Crippen LogP contribution in [-0.2, 0) is 9.47 Å². The number of hydrogen-bond acceptors (Lipinski definition) is 4. The van der Waals surface area contributed by atoms with Gasteiger partial charge in [0.2, 0.25) is 0 Å². The molecule has 0 saturated carbocycles. The van der Waals surface area contributed by atoms with Crippen molar-refractivity contribution in [2.75, 3.05) is 53.2 Å². The summed E-state index contributed by atoms with van der Waals surface area (Å²) < 4.78 is 10.6. The lowest BCUT2D eigenvalue weighted by molar-refractivity contribution is 0.131. The molecule has 130 valence electrons. The zero-order valence-electron chi connectivity index (χ0n) is 14.2. The highest BCUT2D eigenvalue weighted by Gasteiger charge is 2.34. The molecule has 1 aliphatic heterocycles. The average Bonchev–Trinajstić information content (AvgIpc) is 2.97. The zero-order chi connectivity index (χ0) is 16.1. The van der Waals surface area contributed by atoms with Gasteiger partial charge in [0.15, 0.2) is 5.96 Å². The van der Waals surface area contributed by atoms with Crippen LogP contribution in [0.2, 0.25) is 0 Å². The van der Waals surface area contributed by atoms with Crippen LogP contribution in [0.15, 0.2) is 4.99 Å². The van der Waals surface area contributed by atoms with Gasteiger partial charge in [0.1, 0.15) is 0 Å². The van der Waals surface area contributed by atoms with E-state index < -0.39 is 0 Å². The normalized spacial score (nSPS) is 22.0. The Morgan fingerprint density at radius 3 is 2.82 bits per heavy atom. The Hall–Kier alpha value is -0.850. The standard InChI is InChI=1S/C16H33N3O3/c1-3-17-15(18-9-5-4-6-11-21-2)19-13-16(7-10-20)8-12-22-14-16/h20H,3-14H2,1-2H3,(H2,17,18,19). The fraction of sp³-hybridized carbons (Fsp3) is 0.938. The molecule has 1 atom stereocenters. The van der Waals surface area contributed by atoms with E-state index in [9.17, 15) is 5.11 Å². The van der Waals surface area contributed by atoms with Crippen LogP contribution in [0.3, 0.4) is 0 Å². The highest BCUT2D eigenvalue weighted by molar-refractivity contribution is 5.79. The van der Waals surface area contributed by atoms with Crippen LogP contribution >= 0.6 is 0 Å². The van der Waals surface area contributed by atoms with Gasteiger partial charge in [-0.05, 0) is 39.0 Å². The van der Waals surface area contributed by atoms with Crippen LogP contribution in [0.4, 0.5) is 0 Å². The minimum Gasteiger partial charge on any atom is -0.396 e. The lowest BCUT2D eigenvalue weighted by Gasteiger charge is -2.24. The van der Waals surface area contributed by atoms with E-state index in [0.29, 0.717) is 13.2 Å². The van der Waals surface area contributed by atoms with Crippen molar-refractivity contribution in [3.8, 4) is 0 Å². The van der Waals surface area contributed by atoms with Crippen molar-refractivity contribution in [3.05, 3.63) is 0 Å². The van der Waals surface area contributed by atoms with Gasteiger partial charge < -0.3 is 25.2 Å². The first kappa shape index (κ1) is 19.2. The maximum atomic E-state index is 9.26. The van der Waals surface area contributed by atoms with Crippen molar-refractivity contribution in [2.24, 2.45) is 10.4 Å². The third-order valence-electron chi connectivity index (χ3n) is 4.06. The first-order chi connectivity index (χ1) is 10.8.